The smallest absolute Gasteiger partial charge is 0.312 e. The lowest BCUT2D eigenvalue weighted by molar-refractivity contribution is -0.384. The first kappa shape index (κ1) is 13.6. The highest BCUT2D eigenvalue weighted by atomic mass is 16.6. The second kappa shape index (κ2) is 5.76. The van der Waals surface area contributed by atoms with Gasteiger partial charge in [-0.2, -0.15) is 0 Å². The number of rotatable bonds is 5. The highest BCUT2D eigenvalue weighted by Gasteiger charge is 2.20. The maximum Gasteiger partial charge on any atom is 0.312 e. The van der Waals surface area contributed by atoms with Crippen LogP contribution in [0.5, 0.6) is 0 Å². The fraction of sp³-hybridized carbons (Fsp3) is 0.273. The Hall–Kier alpha value is -2.44. The van der Waals surface area contributed by atoms with Crippen molar-refractivity contribution in [3.05, 3.63) is 39.9 Å². The van der Waals surface area contributed by atoms with Crippen molar-refractivity contribution in [2.75, 3.05) is 6.54 Å². The Kier molecular flexibility index (Phi) is 4.36. The fourth-order valence-corrected chi connectivity index (χ4v) is 1.42. The van der Waals surface area contributed by atoms with Gasteiger partial charge in [-0.05, 0) is 5.56 Å². The number of nitro groups is 1. The Morgan fingerprint density at radius 1 is 1.39 bits per heavy atom. The minimum atomic E-state index is -1.10. The SMILES string of the molecule is CC(=O)NCC(C(=O)O)c1ccc([N+](=O)[O-])cc1. The molecule has 0 fully saturated rings. The Bertz CT molecular complexity index is 469. The van der Waals surface area contributed by atoms with Crippen LogP contribution in [0.4, 0.5) is 5.69 Å². The Balaban J connectivity index is 2.89. The molecule has 0 radical (unpaired) electrons. The molecule has 18 heavy (non-hydrogen) atoms. The normalized spacial score (nSPS) is 11.6. The van der Waals surface area contributed by atoms with Gasteiger partial charge >= 0.3 is 5.97 Å². The number of aliphatic carboxylic acids is 1. The number of nitrogens with one attached hydrogen (secondary N) is 1. The highest BCUT2D eigenvalue weighted by Crippen LogP contribution is 2.19. The zero-order chi connectivity index (χ0) is 13.7. The topological polar surface area (TPSA) is 110 Å². The van der Waals surface area contributed by atoms with Crippen molar-refractivity contribution in [3.63, 3.8) is 0 Å². The lowest BCUT2D eigenvalue weighted by Crippen LogP contribution is -2.29. The lowest BCUT2D eigenvalue weighted by atomic mass is 9.99. The standard InChI is InChI=1S/C11H12N2O5/c1-7(14)12-6-10(11(15)16)8-2-4-9(5-3-8)13(17)18/h2-5,10H,6H2,1H3,(H,12,14)(H,15,16). The van der Waals surface area contributed by atoms with Crippen LogP contribution < -0.4 is 5.32 Å². The van der Waals surface area contributed by atoms with E-state index in [0.29, 0.717) is 5.56 Å². The van der Waals surface area contributed by atoms with Gasteiger partial charge in [0.05, 0.1) is 10.8 Å². The summed E-state index contributed by atoms with van der Waals surface area (Å²) in [6, 6.07) is 5.22. The summed E-state index contributed by atoms with van der Waals surface area (Å²) in [6.07, 6.45) is 0. The van der Waals surface area contributed by atoms with Crippen LogP contribution in [0.2, 0.25) is 0 Å². The van der Waals surface area contributed by atoms with Crippen molar-refractivity contribution in [1.29, 1.82) is 0 Å². The van der Waals surface area contributed by atoms with Crippen LogP contribution in [0.1, 0.15) is 18.4 Å². The van der Waals surface area contributed by atoms with Crippen LogP contribution in [-0.4, -0.2) is 28.5 Å². The minimum absolute atomic E-state index is 0.0531. The van der Waals surface area contributed by atoms with E-state index >= 15 is 0 Å². The third-order valence-corrected chi connectivity index (χ3v) is 2.36. The number of carboxylic acid groups (broad SMARTS) is 1. The minimum Gasteiger partial charge on any atom is -0.481 e. The molecule has 0 aliphatic rings. The number of carbonyl (C=O) groups is 2. The van der Waals surface area contributed by atoms with E-state index in [0.717, 1.165) is 0 Å². The average Bonchev–Trinajstić information content (AvgIpc) is 2.29. The summed E-state index contributed by atoms with van der Waals surface area (Å²) in [5, 5.41) is 21.9. The van der Waals surface area contributed by atoms with Gasteiger partial charge in [0.15, 0.2) is 0 Å². The van der Waals surface area contributed by atoms with Crippen LogP contribution in [0, 0.1) is 10.1 Å². The first-order chi connectivity index (χ1) is 8.41. The van der Waals surface area contributed by atoms with Crippen molar-refractivity contribution < 1.29 is 19.6 Å². The molecule has 0 bridgehead atoms. The van der Waals surface area contributed by atoms with Crippen molar-refractivity contribution in [2.24, 2.45) is 0 Å². The predicted octanol–water partition coefficient (Wildman–Crippen LogP) is 0.899. The summed E-state index contributed by atoms with van der Waals surface area (Å²) < 4.78 is 0. The van der Waals surface area contributed by atoms with Crippen LogP contribution in [0.3, 0.4) is 0 Å². The van der Waals surface area contributed by atoms with Gasteiger partial charge in [0.1, 0.15) is 0 Å². The van der Waals surface area contributed by atoms with Gasteiger partial charge in [-0.3, -0.25) is 19.7 Å². The number of nitrogens with zero attached hydrogens (tertiary/aromatic N) is 1. The van der Waals surface area contributed by atoms with E-state index in [-0.39, 0.29) is 18.1 Å². The molecule has 7 heteroatoms. The third kappa shape index (κ3) is 3.55. The van der Waals surface area contributed by atoms with Gasteiger partial charge in [0, 0.05) is 25.6 Å². The molecule has 0 aromatic heterocycles. The van der Waals surface area contributed by atoms with Crippen molar-refractivity contribution in [1.82, 2.24) is 5.32 Å². The number of amides is 1. The number of hydrogen-bond donors (Lipinski definition) is 2. The molecule has 96 valence electrons. The average molecular weight is 252 g/mol. The van der Waals surface area contributed by atoms with Crippen LogP contribution in [-0.2, 0) is 9.59 Å². The zero-order valence-electron chi connectivity index (χ0n) is 9.62. The number of carboxylic acids is 1. The van der Waals surface area contributed by atoms with Gasteiger partial charge < -0.3 is 10.4 Å². The highest BCUT2D eigenvalue weighted by molar-refractivity contribution is 5.78. The van der Waals surface area contributed by atoms with Crippen LogP contribution in [0.15, 0.2) is 24.3 Å². The van der Waals surface area contributed by atoms with Gasteiger partial charge in [0.25, 0.3) is 5.69 Å². The quantitative estimate of drug-likeness (QED) is 0.597. The summed E-state index contributed by atoms with van der Waals surface area (Å²) >= 11 is 0. The fourth-order valence-electron chi connectivity index (χ4n) is 1.42. The Labute approximate surface area is 103 Å². The predicted molar refractivity (Wildman–Crippen MR) is 62.2 cm³/mol. The molecular formula is C11H12N2O5. The second-order valence-electron chi connectivity index (χ2n) is 3.68. The van der Waals surface area contributed by atoms with Gasteiger partial charge in [-0.25, -0.2) is 0 Å². The molecule has 0 saturated heterocycles. The number of benzene rings is 1. The van der Waals surface area contributed by atoms with Crippen LogP contribution in [0.25, 0.3) is 0 Å². The van der Waals surface area contributed by atoms with Gasteiger partial charge in [-0.1, -0.05) is 12.1 Å². The van der Waals surface area contributed by atoms with Gasteiger partial charge in [-0.15, -0.1) is 0 Å². The van der Waals surface area contributed by atoms with Crippen LogP contribution >= 0.6 is 0 Å². The van der Waals surface area contributed by atoms with E-state index in [1.54, 1.807) is 0 Å². The van der Waals surface area contributed by atoms with E-state index in [4.69, 9.17) is 5.11 Å². The number of hydrogen-bond acceptors (Lipinski definition) is 4. The van der Waals surface area contributed by atoms with Crippen molar-refractivity contribution >= 4 is 17.6 Å². The number of non-ortho nitro benzene ring substituents is 1. The van der Waals surface area contributed by atoms with E-state index in [9.17, 15) is 19.7 Å². The summed E-state index contributed by atoms with van der Waals surface area (Å²) in [7, 11) is 0. The molecular weight excluding hydrogens is 240 g/mol. The monoisotopic (exact) mass is 252 g/mol. The van der Waals surface area contributed by atoms with E-state index in [2.05, 4.69) is 5.32 Å². The maximum absolute atomic E-state index is 11.0. The summed E-state index contributed by atoms with van der Waals surface area (Å²) in [6.45, 7) is 1.23. The molecule has 0 saturated carbocycles. The first-order valence-corrected chi connectivity index (χ1v) is 5.13. The molecule has 0 spiro atoms. The van der Waals surface area contributed by atoms with Gasteiger partial charge in [0.2, 0.25) is 5.91 Å². The molecule has 1 atom stereocenters. The molecule has 0 aliphatic carbocycles. The molecule has 1 amide bonds. The lowest BCUT2D eigenvalue weighted by Gasteiger charge is -2.12. The molecule has 1 unspecified atom stereocenters. The van der Waals surface area contributed by atoms with E-state index < -0.39 is 16.8 Å². The van der Waals surface area contributed by atoms with E-state index in [1.807, 2.05) is 0 Å². The van der Waals surface area contributed by atoms with E-state index in [1.165, 1.54) is 31.2 Å². The number of carbonyl (C=O) groups excluding carboxylic acids is 1. The number of nitro benzene ring substituents is 1. The third-order valence-electron chi connectivity index (χ3n) is 2.36. The summed E-state index contributed by atoms with van der Waals surface area (Å²) in [5.74, 6) is -2.35. The summed E-state index contributed by atoms with van der Waals surface area (Å²) in [5.41, 5.74) is 0.296. The molecule has 1 aromatic rings. The van der Waals surface area contributed by atoms with Crippen molar-refractivity contribution in [3.8, 4) is 0 Å². The summed E-state index contributed by atoms with van der Waals surface area (Å²) in [4.78, 5) is 31.7. The Morgan fingerprint density at radius 2 is 1.94 bits per heavy atom. The maximum atomic E-state index is 11.0. The molecule has 0 aliphatic heterocycles. The molecule has 0 heterocycles. The molecule has 1 rings (SSSR count). The molecule has 1 aromatic carbocycles. The molecule has 7 nitrogen and oxygen atoms in total. The zero-order valence-corrected chi connectivity index (χ0v) is 9.62. The molecule has 2 N–H and O–H groups in total. The largest absolute Gasteiger partial charge is 0.481 e. The van der Waals surface area contributed by atoms with Crippen molar-refractivity contribution in [2.45, 2.75) is 12.8 Å². The Morgan fingerprint density at radius 3 is 2.33 bits per heavy atom. The first-order valence-electron chi connectivity index (χ1n) is 5.13. The second-order valence-corrected chi connectivity index (χ2v) is 3.68.